The van der Waals surface area contributed by atoms with Crippen LogP contribution >= 0.6 is 0 Å². The first-order chi connectivity index (χ1) is 11.2. The third-order valence-electron chi connectivity index (χ3n) is 4.76. The summed E-state index contributed by atoms with van der Waals surface area (Å²) in [4.78, 5) is 12.4. The van der Waals surface area contributed by atoms with Gasteiger partial charge in [0.05, 0.1) is 17.4 Å². The summed E-state index contributed by atoms with van der Waals surface area (Å²) in [6.07, 6.45) is 14.4. The van der Waals surface area contributed by atoms with Crippen molar-refractivity contribution in [3.8, 4) is 5.69 Å². The van der Waals surface area contributed by atoms with Gasteiger partial charge in [0.15, 0.2) is 0 Å². The Labute approximate surface area is 135 Å². The number of aromatic amines is 1. The van der Waals surface area contributed by atoms with Gasteiger partial charge in [0.2, 0.25) is 0 Å². The predicted octanol–water partition coefficient (Wildman–Crippen LogP) is 4.23. The van der Waals surface area contributed by atoms with Gasteiger partial charge < -0.3 is 9.55 Å². The summed E-state index contributed by atoms with van der Waals surface area (Å²) < 4.78 is 2.00. The van der Waals surface area contributed by atoms with Gasteiger partial charge in [0, 0.05) is 24.0 Å². The maximum Gasteiger partial charge on any atom is 0.110 e. The summed E-state index contributed by atoms with van der Waals surface area (Å²) in [5.41, 5.74) is 3.17. The maximum absolute atomic E-state index is 4.81. The number of H-pyrrole nitrogens is 1. The van der Waals surface area contributed by atoms with Gasteiger partial charge in [-0.05, 0) is 30.0 Å². The molecule has 4 heteroatoms. The monoisotopic (exact) mass is 304 g/mol. The quantitative estimate of drug-likeness (QED) is 0.787. The van der Waals surface area contributed by atoms with Gasteiger partial charge >= 0.3 is 0 Å². The molecular formula is C19H20N4. The van der Waals surface area contributed by atoms with E-state index in [0.29, 0.717) is 17.8 Å². The average Bonchev–Trinajstić information content (AvgIpc) is 3.23. The molecule has 23 heavy (non-hydrogen) atoms. The fourth-order valence-corrected chi connectivity index (χ4v) is 3.35. The first-order valence-electron chi connectivity index (χ1n) is 8.05. The molecule has 116 valence electrons. The summed E-state index contributed by atoms with van der Waals surface area (Å²) in [6.45, 7) is 4.51. The van der Waals surface area contributed by atoms with E-state index in [0.717, 1.165) is 22.5 Å². The highest BCUT2D eigenvalue weighted by Crippen LogP contribution is 2.33. The lowest BCUT2D eigenvalue weighted by Gasteiger charge is -2.25. The zero-order valence-corrected chi connectivity index (χ0v) is 13.3. The Bertz CT molecular complexity index is 870. The fourth-order valence-electron chi connectivity index (χ4n) is 3.35. The second-order valence-corrected chi connectivity index (χ2v) is 6.29. The van der Waals surface area contributed by atoms with Crippen molar-refractivity contribution < 1.29 is 0 Å². The molecular weight excluding hydrogens is 284 g/mol. The van der Waals surface area contributed by atoms with Crippen LogP contribution in [0, 0.1) is 11.8 Å². The van der Waals surface area contributed by atoms with E-state index in [9.17, 15) is 0 Å². The van der Waals surface area contributed by atoms with Crippen LogP contribution in [0.25, 0.3) is 16.7 Å². The van der Waals surface area contributed by atoms with E-state index in [1.54, 1.807) is 6.20 Å². The van der Waals surface area contributed by atoms with Crippen LogP contribution in [0.15, 0.2) is 61.2 Å². The highest BCUT2D eigenvalue weighted by atomic mass is 15.0. The third kappa shape index (κ3) is 2.50. The number of rotatable bonds is 3. The van der Waals surface area contributed by atoms with Gasteiger partial charge in [-0.1, -0.05) is 38.2 Å². The SMILES string of the molecule is CC1C=CC=CC1C(C)c1nc2ccc(-n3ccnc3)cc2[nH]1. The van der Waals surface area contributed by atoms with E-state index >= 15 is 0 Å². The van der Waals surface area contributed by atoms with Gasteiger partial charge in [0.1, 0.15) is 5.82 Å². The number of benzene rings is 1. The number of fused-ring (bicyclic) bond motifs is 1. The van der Waals surface area contributed by atoms with Crippen LogP contribution in [0.2, 0.25) is 0 Å². The molecule has 0 saturated carbocycles. The van der Waals surface area contributed by atoms with E-state index in [4.69, 9.17) is 4.98 Å². The van der Waals surface area contributed by atoms with E-state index in [2.05, 4.69) is 66.3 Å². The minimum Gasteiger partial charge on any atom is -0.342 e. The minimum atomic E-state index is 0.357. The summed E-state index contributed by atoms with van der Waals surface area (Å²) in [6, 6.07) is 6.27. The number of nitrogens with zero attached hydrogens (tertiary/aromatic N) is 3. The van der Waals surface area contributed by atoms with Crippen LogP contribution in [0.5, 0.6) is 0 Å². The second kappa shape index (κ2) is 5.54. The van der Waals surface area contributed by atoms with Crippen LogP contribution in [0.4, 0.5) is 0 Å². The number of hydrogen-bond donors (Lipinski definition) is 1. The number of allylic oxidation sites excluding steroid dienone is 4. The Morgan fingerprint density at radius 2 is 2.09 bits per heavy atom. The highest BCUT2D eigenvalue weighted by Gasteiger charge is 2.24. The maximum atomic E-state index is 4.81. The van der Waals surface area contributed by atoms with Crippen molar-refractivity contribution in [3.05, 3.63) is 67.0 Å². The van der Waals surface area contributed by atoms with Crippen LogP contribution < -0.4 is 0 Å². The van der Waals surface area contributed by atoms with E-state index in [1.165, 1.54) is 0 Å². The molecule has 1 N–H and O–H groups in total. The lowest BCUT2D eigenvalue weighted by molar-refractivity contribution is 0.425. The number of nitrogens with one attached hydrogen (secondary N) is 1. The topological polar surface area (TPSA) is 46.5 Å². The first-order valence-corrected chi connectivity index (χ1v) is 8.05. The summed E-state index contributed by atoms with van der Waals surface area (Å²) in [5.74, 6) is 2.42. The minimum absolute atomic E-state index is 0.357. The Morgan fingerprint density at radius 1 is 1.22 bits per heavy atom. The summed E-state index contributed by atoms with van der Waals surface area (Å²) in [5, 5.41) is 0. The molecule has 3 atom stereocenters. The lowest BCUT2D eigenvalue weighted by atomic mass is 9.80. The van der Waals surface area contributed by atoms with Crippen LogP contribution in [0.1, 0.15) is 25.6 Å². The molecule has 1 aliphatic carbocycles. The Kier molecular flexibility index (Phi) is 3.37. The van der Waals surface area contributed by atoms with Gasteiger partial charge in [-0.3, -0.25) is 0 Å². The number of imidazole rings is 2. The zero-order chi connectivity index (χ0) is 15.8. The molecule has 0 spiro atoms. The van der Waals surface area contributed by atoms with Crippen molar-refractivity contribution in [2.24, 2.45) is 11.8 Å². The van der Waals surface area contributed by atoms with Crippen LogP contribution in [0.3, 0.4) is 0 Å². The summed E-state index contributed by atoms with van der Waals surface area (Å²) in [7, 11) is 0. The van der Waals surface area contributed by atoms with Gasteiger partial charge in [0.25, 0.3) is 0 Å². The fraction of sp³-hybridized carbons (Fsp3) is 0.263. The number of hydrogen-bond acceptors (Lipinski definition) is 2. The zero-order valence-electron chi connectivity index (χ0n) is 13.3. The molecule has 1 aromatic carbocycles. The largest absolute Gasteiger partial charge is 0.342 e. The number of aromatic nitrogens is 4. The molecule has 0 amide bonds. The molecule has 4 rings (SSSR count). The van der Waals surface area contributed by atoms with Crippen LogP contribution in [-0.2, 0) is 0 Å². The molecule has 0 aliphatic heterocycles. The molecule has 2 aromatic heterocycles. The molecule has 3 aromatic rings. The van der Waals surface area contributed by atoms with E-state index in [-0.39, 0.29) is 0 Å². The molecule has 4 nitrogen and oxygen atoms in total. The molecule has 0 saturated heterocycles. The second-order valence-electron chi connectivity index (χ2n) is 6.29. The smallest absolute Gasteiger partial charge is 0.110 e. The Hall–Kier alpha value is -2.62. The normalized spacial score (nSPS) is 21.8. The molecule has 2 heterocycles. The van der Waals surface area contributed by atoms with Crippen LogP contribution in [-0.4, -0.2) is 19.5 Å². The van der Waals surface area contributed by atoms with Crippen molar-refractivity contribution in [2.45, 2.75) is 19.8 Å². The Balaban J connectivity index is 1.69. The Morgan fingerprint density at radius 3 is 2.87 bits per heavy atom. The van der Waals surface area contributed by atoms with Crippen molar-refractivity contribution in [2.75, 3.05) is 0 Å². The van der Waals surface area contributed by atoms with Crippen molar-refractivity contribution in [1.29, 1.82) is 0 Å². The summed E-state index contributed by atoms with van der Waals surface area (Å²) >= 11 is 0. The average molecular weight is 304 g/mol. The first kappa shape index (κ1) is 14.0. The highest BCUT2D eigenvalue weighted by molar-refractivity contribution is 5.77. The standard InChI is InChI=1S/C19H20N4/c1-13-5-3-4-6-16(13)14(2)19-21-17-8-7-15(11-18(17)22-19)23-10-9-20-12-23/h3-14,16H,1-2H3,(H,21,22). The van der Waals surface area contributed by atoms with Crippen molar-refractivity contribution in [3.63, 3.8) is 0 Å². The third-order valence-corrected chi connectivity index (χ3v) is 4.76. The van der Waals surface area contributed by atoms with E-state index < -0.39 is 0 Å². The lowest BCUT2D eigenvalue weighted by Crippen LogP contribution is -2.17. The van der Waals surface area contributed by atoms with Crippen molar-refractivity contribution in [1.82, 2.24) is 19.5 Å². The molecule has 0 fully saturated rings. The van der Waals surface area contributed by atoms with Gasteiger partial charge in [-0.2, -0.15) is 0 Å². The van der Waals surface area contributed by atoms with Gasteiger partial charge in [-0.15, -0.1) is 0 Å². The van der Waals surface area contributed by atoms with Gasteiger partial charge in [-0.25, -0.2) is 9.97 Å². The molecule has 1 aliphatic rings. The van der Waals surface area contributed by atoms with E-state index in [1.807, 2.05) is 17.1 Å². The van der Waals surface area contributed by atoms with Crippen molar-refractivity contribution >= 4 is 11.0 Å². The predicted molar refractivity (Wildman–Crippen MR) is 92.6 cm³/mol. The molecule has 0 bridgehead atoms. The molecule has 3 unspecified atom stereocenters. The molecule has 0 radical (unpaired) electrons.